The van der Waals surface area contributed by atoms with E-state index in [9.17, 15) is 18.8 Å². The van der Waals surface area contributed by atoms with E-state index in [1.807, 2.05) is 0 Å². The zero-order chi connectivity index (χ0) is 24.4. The van der Waals surface area contributed by atoms with Gasteiger partial charge in [-0.1, -0.05) is 57.3 Å². The Bertz CT molecular complexity index is 1460. The van der Waals surface area contributed by atoms with Crippen LogP contribution in [0.1, 0.15) is 10.5 Å². The van der Waals surface area contributed by atoms with Crippen molar-refractivity contribution in [2.24, 2.45) is 0 Å². The highest BCUT2D eigenvalue weighted by atomic mass is 79.9. The summed E-state index contributed by atoms with van der Waals surface area (Å²) in [5.74, 6) is -3.43. The number of carbonyl (C=O) groups is 3. The highest BCUT2D eigenvalue weighted by molar-refractivity contribution is 9.10. The molecule has 11 heteroatoms. The zero-order valence-electron chi connectivity index (χ0n) is 17.0. The first-order chi connectivity index (χ1) is 16.2. The summed E-state index contributed by atoms with van der Waals surface area (Å²) in [5.41, 5.74) is 2.92. The highest BCUT2D eigenvalue weighted by Crippen LogP contribution is 2.29. The lowest BCUT2D eigenvalue weighted by Gasteiger charge is -2.13. The summed E-state index contributed by atoms with van der Waals surface area (Å²) < 4.78 is 15.9. The highest BCUT2D eigenvalue weighted by Gasteiger charge is 2.22. The SMILES string of the molecule is O=C(Nc1cccc(Cl)c1Cl)C(=O)Nn1c(C(=O)Nc2ccccc2F)cc2cc(Br)ccc21. The molecule has 0 saturated heterocycles. The number of carbonyl (C=O) groups excluding carboxylic acids is 3. The second kappa shape index (κ2) is 9.84. The van der Waals surface area contributed by atoms with Crippen molar-refractivity contribution in [3.63, 3.8) is 0 Å². The molecule has 3 aromatic carbocycles. The van der Waals surface area contributed by atoms with Gasteiger partial charge < -0.3 is 10.6 Å². The maximum atomic E-state index is 14.0. The Morgan fingerprint density at radius 3 is 2.35 bits per heavy atom. The normalized spacial score (nSPS) is 10.7. The number of anilines is 2. The molecule has 0 aliphatic carbocycles. The van der Waals surface area contributed by atoms with Crippen LogP contribution in [-0.4, -0.2) is 22.4 Å². The molecule has 0 aliphatic rings. The summed E-state index contributed by atoms with van der Waals surface area (Å²) in [6, 6.07) is 16.8. The minimum Gasteiger partial charge on any atom is -0.318 e. The van der Waals surface area contributed by atoms with Crippen molar-refractivity contribution in [1.82, 2.24) is 4.68 Å². The van der Waals surface area contributed by atoms with Crippen LogP contribution in [0, 0.1) is 5.82 Å². The van der Waals surface area contributed by atoms with Crippen molar-refractivity contribution in [1.29, 1.82) is 0 Å². The van der Waals surface area contributed by atoms with Gasteiger partial charge in [-0.15, -0.1) is 0 Å². The van der Waals surface area contributed by atoms with Crippen LogP contribution in [0.5, 0.6) is 0 Å². The molecule has 0 spiro atoms. The first kappa shape index (κ1) is 23.7. The summed E-state index contributed by atoms with van der Waals surface area (Å²) in [4.78, 5) is 38.2. The molecule has 7 nitrogen and oxygen atoms in total. The summed E-state index contributed by atoms with van der Waals surface area (Å²) in [6.45, 7) is 0. The minimum absolute atomic E-state index is 0.0294. The van der Waals surface area contributed by atoms with Crippen LogP contribution >= 0.6 is 39.1 Å². The van der Waals surface area contributed by atoms with E-state index < -0.39 is 23.5 Å². The monoisotopic (exact) mass is 562 g/mol. The zero-order valence-corrected chi connectivity index (χ0v) is 20.1. The van der Waals surface area contributed by atoms with Gasteiger partial charge in [-0.05, 0) is 48.5 Å². The van der Waals surface area contributed by atoms with Crippen molar-refractivity contribution in [3.8, 4) is 0 Å². The third-order valence-electron chi connectivity index (χ3n) is 4.74. The number of para-hydroxylation sites is 1. The number of hydrogen-bond acceptors (Lipinski definition) is 3. The second-order valence-electron chi connectivity index (χ2n) is 7.00. The molecule has 34 heavy (non-hydrogen) atoms. The molecule has 3 N–H and O–H groups in total. The fourth-order valence-electron chi connectivity index (χ4n) is 3.15. The van der Waals surface area contributed by atoms with E-state index in [1.165, 1.54) is 36.4 Å². The quantitative estimate of drug-likeness (QED) is 0.274. The molecule has 0 aliphatic heterocycles. The lowest BCUT2D eigenvalue weighted by molar-refractivity contribution is -0.133. The Balaban J connectivity index is 1.65. The van der Waals surface area contributed by atoms with Gasteiger partial charge in [0.25, 0.3) is 5.91 Å². The van der Waals surface area contributed by atoms with Gasteiger partial charge in [-0.2, -0.15) is 0 Å². The van der Waals surface area contributed by atoms with Crippen molar-refractivity contribution in [2.45, 2.75) is 0 Å². The standard InChI is InChI=1S/C23H14BrCl2FN4O3/c24-13-8-9-18-12(10-13)11-19(21(32)28-16-6-2-1-5-15(16)27)31(18)30-23(34)22(33)29-17-7-3-4-14(25)20(17)26/h1-11H,(H,28,32)(H,29,33)(H,30,34). The van der Waals surface area contributed by atoms with E-state index in [2.05, 4.69) is 32.0 Å². The summed E-state index contributed by atoms with van der Waals surface area (Å²) in [6.07, 6.45) is 0. The van der Waals surface area contributed by atoms with Gasteiger partial charge in [0.1, 0.15) is 11.5 Å². The number of amides is 3. The molecule has 0 radical (unpaired) electrons. The summed E-state index contributed by atoms with van der Waals surface area (Å²) >= 11 is 15.4. The van der Waals surface area contributed by atoms with Crippen LogP contribution in [-0.2, 0) is 9.59 Å². The van der Waals surface area contributed by atoms with E-state index in [-0.39, 0.29) is 27.1 Å². The Hall–Kier alpha value is -3.40. The number of hydrogen-bond donors (Lipinski definition) is 3. The van der Waals surface area contributed by atoms with E-state index in [1.54, 1.807) is 30.3 Å². The Kier molecular flexibility index (Phi) is 6.87. The molecule has 4 aromatic rings. The number of aromatic nitrogens is 1. The first-order valence-corrected chi connectivity index (χ1v) is 11.2. The lowest BCUT2D eigenvalue weighted by Crippen LogP contribution is -2.36. The fraction of sp³-hybridized carbons (Fsp3) is 0. The van der Waals surface area contributed by atoms with Gasteiger partial charge >= 0.3 is 11.8 Å². The van der Waals surface area contributed by atoms with Gasteiger partial charge in [0, 0.05) is 9.86 Å². The molecule has 172 valence electrons. The Morgan fingerprint density at radius 1 is 0.853 bits per heavy atom. The smallest absolute Gasteiger partial charge is 0.318 e. The largest absolute Gasteiger partial charge is 0.328 e. The minimum atomic E-state index is -1.07. The molecule has 0 bridgehead atoms. The number of nitrogens with zero attached hydrogens (tertiary/aromatic N) is 1. The third kappa shape index (κ3) is 4.91. The predicted molar refractivity (Wildman–Crippen MR) is 133 cm³/mol. The fourth-order valence-corrected chi connectivity index (χ4v) is 3.88. The second-order valence-corrected chi connectivity index (χ2v) is 8.70. The molecule has 3 amide bonds. The summed E-state index contributed by atoms with van der Waals surface area (Å²) in [7, 11) is 0. The first-order valence-electron chi connectivity index (χ1n) is 9.68. The van der Waals surface area contributed by atoms with Crippen molar-refractivity contribution < 1.29 is 18.8 Å². The third-order valence-corrected chi connectivity index (χ3v) is 6.05. The molecule has 0 fully saturated rings. The van der Waals surface area contributed by atoms with Crippen LogP contribution < -0.4 is 16.1 Å². The number of nitrogens with one attached hydrogen (secondary N) is 3. The molecule has 1 aromatic heterocycles. The van der Waals surface area contributed by atoms with E-state index in [0.29, 0.717) is 10.9 Å². The predicted octanol–water partition coefficient (Wildman–Crippen LogP) is 5.81. The molecular weight excluding hydrogens is 550 g/mol. The number of rotatable bonds is 4. The molecular formula is C23H14BrCl2FN4O3. The Morgan fingerprint density at radius 2 is 1.59 bits per heavy atom. The van der Waals surface area contributed by atoms with Gasteiger partial charge in [-0.3, -0.25) is 19.8 Å². The Labute approximate surface area is 210 Å². The number of halogens is 4. The van der Waals surface area contributed by atoms with Crippen LogP contribution in [0.25, 0.3) is 10.9 Å². The maximum absolute atomic E-state index is 14.0. The topological polar surface area (TPSA) is 92.2 Å². The molecule has 0 saturated carbocycles. The molecule has 0 unspecified atom stereocenters. The average molecular weight is 564 g/mol. The van der Waals surface area contributed by atoms with Crippen LogP contribution in [0.3, 0.4) is 0 Å². The van der Waals surface area contributed by atoms with E-state index >= 15 is 0 Å². The van der Waals surface area contributed by atoms with E-state index in [4.69, 9.17) is 23.2 Å². The molecule has 0 atom stereocenters. The van der Waals surface area contributed by atoms with Crippen LogP contribution in [0.15, 0.2) is 71.2 Å². The number of fused-ring (bicyclic) bond motifs is 1. The van der Waals surface area contributed by atoms with Crippen molar-refractivity contribution in [2.75, 3.05) is 16.1 Å². The van der Waals surface area contributed by atoms with E-state index in [0.717, 1.165) is 9.15 Å². The van der Waals surface area contributed by atoms with Crippen molar-refractivity contribution >= 4 is 79.1 Å². The average Bonchev–Trinajstić information content (AvgIpc) is 3.15. The molecule has 4 rings (SSSR count). The molecule has 1 heterocycles. The van der Waals surface area contributed by atoms with Gasteiger partial charge in [0.15, 0.2) is 0 Å². The lowest BCUT2D eigenvalue weighted by atomic mass is 10.2. The van der Waals surface area contributed by atoms with Gasteiger partial charge in [0.2, 0.25) is 0 Å². The number of benzene rings is 3. The van der Waals surface area contributed by atoms with Crippen molar-refractivity contribution in [3.05, 3.63) is 92.8 Å². The van der Waals surface area contributed by atoms with Crippen LogP contribution in [0.2, 0.25) is 10.0 Å². The van der Waals surface area contributed by atoms with Crippen LogP contribution in [0.4, 0.5) is 15.8 Å². The summed E-state index contributed by atoms with van der Waals surface area (Å²) in [5, 5.41) is 5.71. The van der Waals surface area contributed by atoms with Gasteiger partial charge in [0.05, 0.1) is 26.9 Å². The van der Waals surface area contributed by atoms with Gasteiger partial charge in [-0.25, -0.2) is 9.07 Å². The maximum Gasteiger partial charge on any atom is 0.328 e.